The highest BCUT2D eigenvalue weighted by Gasteiger charge is 2.23. The number of H-pyrrole nitrogens is 1. The van der Waals surface area contributed by atoms with Gasteiger partial charge in [0.1, 0.15) is 5.82 Å². The summed E-state index contributed by atoms with van der Waals surface area (Å²) in [4.78, 5) is 4.73. The minimum absolute atomic E-state index is 0.411. The molecule has 17 heavy (non-hydrogen) atoms. The second kappa shape index (κ2) is 5.17. The van der Waals surface area contributed by atoms with E-state index in [-0.39, 0.29) is 0 Å². The Kier molecular flexibility index (Phi) is 3.41. The summed E-state index contributed by atoms with van der Waals surface area (Å²) < 4.78 is 0. The fourth-order valence-electron chi connectivity index (χ4n) is 3.07. The zero-order valence-corrected chi connectivity index (χ0v) is 10.4. The second-order valence-electron chi connectivity index (χ2n) is 5.42. The highest BCUT2D eigenvalue weighted by atomic mass is 15.2. The van der Waals surface area contributed by atoms with Crippen LogP contribution in [-0.2, 0) is 0 Å². The predicted octanol–water partition coefficient (Wildman–Crippen LogP) is 2.67. The van der Waals surface area contributed by atoms with Gasteiger partial charge in [0.2, 0.25) is 0 Å². The highest BCUT2D eigenvalue weighted by molar-refractivity contribution is 5.03. The predicted molar refractivity (Wildman–Crippen MR) is 66.8 cm³/mol. The lowest BCUT2D eigenvalue weighted by Gasteiger charge is -2.21. The van der Waals surface area contributed by atoms with Crippen molar-refractivity contribution in [3.8, 4) is 0 Å². The Hall–Kier alpha value is -0.900. The van der Waals surface area contributed by atoms with E-state index >= 15 is 0 Å². The fourth-order valence-corrected chi connectivity index (χ4v) is 3.07. The molecular formula is C13H22N4. The summed E-state index contributed by atoms with van der Waals surface area (Å²) in [5.41, 5.74) is 0. The SMILES string of the molecule is C1CCC(c2n[nH]c(C3CCCCN3)n2)CC1. The van der Waals surface area contributed by atoms with Gasteiger partial charge < -0.3 is 5.32 Å². The molecule has 1 aliphatic carbocycles. The Morgan fingerprint density at radius 3 is 2.53 bits per heavy atom. The molecule has 3 rings (SSSR count). The molecule has 0 aromatic carbocycles. The van der Waals surface area contributed by atoms with Crippen LogP contribution in [0.5, 0.6) is 0 Å². The van der Waals surface area contributed by atoms with E-state index < -0.39 is 0 Å². The van der Waals surface area contributed by atoms with Gasteiger partial charge in [-0.25, -0.2) is 4.98 Å². The molecule has 2 aliphatic rings. The van der Waals surface area contributed by atoms with Crippen molar-refractivity contribution in [2.45, 2.75) is 63.3 Å². The van der Waals surface area contributed by atoms with Crippen LogP contribution in [0.3, 0.4) is 0 Å². The lowest BCUT2D eigenvalue weighted by molar-refractivity contribution is 0.396. The van der Waals surface area contributed by atoms with E-state index in [4.69, 9.17) is 4.98 Å². The summed E-state index contributed by atoms with van der Waals surface area (Å²) in [7, 11) is 0. The molecule has 94 valence electrons. The molecular weight excluding hydrogens is 212 g/mol. The third kappa shape index (κ3) is 2.51. The van der Waals surface area contributed by atoms with E-state index in [1.54, 1.807) is 0 Å². The van der Waals surface area contributed by atoms with Gasteiger partial charge in [0.05, 0.1) is 6.04 Å². The second-order valence-corrected chi connectivity index (χ2v) is 5.42. The largest absolute Gasteiger partial charge is 0.307 e. The van der Waals surface area contributed by atoms with Crippen molar-refractivity contribution in [2.75, 3.05) is 6.54 Å². The molecule has 0 radical (unpaired) electrons. The van der Waals surface area contributed by atoms with E-state index in [2.05, 4.69) is 15.5 Å². The van der Waals surface area contributed by atoms with Crippen molar-refractivity contribution in [1.82, 2.24) is 20.5 Å². The molecule has 2 N–H and O–H groups in total. The van der Waals surface area contributed by atoms with Crippen molar-refractivity contribution in [1.29, 1.82) is 0 Å². The molecule has 1 unspecified atom stereocenters. The number of nitrogens with zero attached hydrogens (tertiary/aromatic N) is 2. The maximum Gasteiger partial charge on any atom is 0.153 e. The van der Waals surface area contributed by atoms with Crippen LogP contribution in [0.4, 0.5) is 0 Å². The molecule has 2 heterocycles. The minimum atomic E-state index is 0.411. The molecule has 1 saturated carbocycles. The number of hydrogen-bond donors (Lipinski definition) is 2. The lowest BCUT2D eigenvalue weighted by atomic mass is 9.89. The normalized spacial score (nSPS) is 27.2. The molecule has 1 saturated heterocycles. The number of hydrogen-bond acceptors (Lipinski definition) is 3. The van der Waals surface area contributed by atoms with E-state index in [1.807, 2.05) is 0 Å². The molecule has 4 nitrogen and oxygen atoms in total. The molecule has 1 aromatic rings. The average Bonchev–Trinajstić information content (AvgIpc) is 2.90. The topological polar surface area (TPSA) is 53.6 Å². The summed E-state index contributed by atoms with van der Waals surface area (Å²) in [5, 5.41) is 11.1. The smallest absolute Gasteiger partial charge is 0.153 e. The molecule has 2 fully saturated rings. The summed E-state index contributed by atoms with van der Waals surface area (Å²) in [6, 6.07) is 0.411. The van der Waals surface area contributed by atoms with Crippen molar-refractivity contribution in [2.24, 2.45) is 0 Å². The molecule has 1 aliphatic heterocycles. The van der Waals surface area contributed by atoms with Gasteiger partial charge in [-0.05, 0) is 32.2 Å². The Labute approximate surface area is 103 Å². The summed E-state index contributed by atoms with van der Waals surface area (Å²) in [6.07, 6.45) is 10.4. The van der Waals surface area contributed by atoms with Crippen molar-refractivity contribution >= 4 is 0 Å². The Morgan fingerprint density at radius 1 is 0.941 bits per heavy atom. The van der Waals surface area contributed by atoms with Crippen LogP contribution in [0, 0.1) is 0 Å². The lowest BCUT2D eigenvalue weighted by Crippen LogP contribution is -2.27. The Balaban J connectivity index is 1.68. The van der Waals surface area contributed by atoms with Crippen molar-refractivity contribution in [3.05, 3.63) is 11.6 Å². The van der Waals surface area contributed by atoms with Gasteiger partial charge >= 0.3 is 0 Å². The van der Waals surface area contributed by atoms with E-state index in [0.717, 1.165) is 18.2 Å². The van der Waals surface area contributed by atoms with Gasteiger partial charge in [-0.2, -0.15) is 5.10 Å². The first-order valence-electron chi connectivity index (χ1n) is 7.09. The quantitative estimate of drug-likeness (QED) is 0.827. The molecule has 0 spiro atoms. The summed E-state index contributed by atoms with van der Waals surface area (Å²) in [5.74, 6) is 2.73. The van der Waals surface area contributed by atoms with Gasteiger partial charge in [0, 0.05) is 5.92 Å². The van der Waals surface area contributed by atoms with Crippen LogP contribution >= 0.6 is 0 Å². The van der Waals surface area contributed by atoms with Gasteiger partial charge in [0.25, 0.3) is 0 Å². The fraction of sp³-hybridized carbons (Fsp3) is 0.846. The molecule has 1 atom stereocenters. The zero-order chi connectivity index (χ0) is 11.5. The van der Waals surface area contributed by atoms with Crippen molar-refractivity contribution in [3.63, 3.8) is 0 Å². The van der Waals surface area contributed by atoms with E-state index in [9.17, 15) is 0 Å². The van der Waals surface area contributed by atoms with Gasteiger partial charge in [-0.3, -0.25) is 5.10 Å². The number of rotatable bonds is 2. The maximum absolute atomic E-state index is 4.73. The first kappa shape index (κ1) is 11.2. The first-order valence-corrected chi connectivity index (χ1v) is 7.09. The molecule has 0 amide bonds. The van der Waals surface area contributed by atoms with Crippen LogP contribution in [0.2, 0.25) is 0 Å². The van der Waals surface area contributed by atoms with E-state index in [0.29, 0.717) is 12.0 Å². The number of aromatic amines is 1. The zero-order valence-electron chi connectivity index (χ0n) is 10.4. The van der Waals surface area contributed by atoms with Crippen LogP contribution < -0.4 is 5.32 Å². The van der Waals surface area contributed by atoms with Gasteiger partial charge in [-0.1, -0.05) is 25.7 Å². The number of aromatic nitrogens is 3. The Morgan fingerprint density at radius 2 is 1.76 bits per heavy atom. The molecule has 1 aromatic heterocycles. The van der Waals surface area contributed by atoms with Gasteiger partial charge in [-0.15, -0.1) is 0 Å². The standard InChI is InChI=1S/C13H22N4/c1-2-6-10(7-3-1)12-15-13(17-16-12)11-8-4-5-9-14-11/h10-11,14H,1-9H2,(H,15,16,17). The third-order valence-corrected chi connectivity index (χ3v) is 4.13. The van der Waals surface area contributed by atoms with Gasteiger partial charge in [0.15, 0.2) is 5.82 Å². The monoisotopic (exact) mass is 234 g/mol. The third-order valence-electron chi connectivity index (χ3n) is 4.13. The number of nitrogens with one attached hydrogen (secondary N) is 2. The van der Waals surface area contributed by atoms with Crippen LogP contribution in [0.25, 0.3) is 0 Å². The van der Waals surface area contributed by atoms with Crippen LogP contribution in [-0.4, -0.2) is 21.7 Å². The summed E-state index contributed by atoms with van der Waals surface area (Å²) in [6.45, 7) is 1.12. The Bertz CT molecular complexity index is 316. The highest BCUT2D eigenvalue weighted by Crippen LogP contribution is 2.31. The summed E-state index contributed by atoms with van der Waals surface area (Å²) >= 11 is 0. The molecule has 4 heteroatoms. The number of piperidine rings is 1. The average molecular weight is 234 g/mol. The van der Waals surface area contributed by atoms with Crippen molar-refractivity contribution < 1.29 is 0 Å². The van der Waals surface area contributed by atoms with E-state index in [1.165, 1.54) is 51.4 Å². The first-order chi connectivity index (χ1) is 8.43. The minimum Gasteiger partial charge on any atom is -0.307 e. The maximum atomic E-state index is 4.73. The molecule has 0 bridgehead atoms. The van der Waals surface area contributed by atoms with Crippen LogP contribution in [0.15, 0.2) is 0 Å². The van der Waals surface area contributed by atoms with Crippen LogP contribution in [0.1, 0.15) is 75.0 Å².